The Morgan fingerprint density at radius 2 is 1.74 bits per heavy atom. The standard InChI is InChI=1S/C29H34BrN3O5S/c1-5-16-31-29(35)22(3)32(19-23-10-9-11-24(30)18-23)28(34)20-33(26-17-21(2)14-15-27(26)38-4)39(36,37)25-12-7-6-8-13-25/h6-15,17-18,22H,5,16,19-20H2,1-4H3,(H,31,35). The van der Waals surface area contributed by atoms with Crippen LogP contribution in [0, 0.1) is 6.92 Å². The summed E-state index contributed by atoms with van der Waals surface area (Å²) in [6.07, 6.45) is 0.744. The van der Waals surface area contributed by atoms with Crippen LogP contribution in [0.2, 0.25) is 0 Å². The quantitative estimate of drug-likeness (QED) is 0.312. The summed E-state index contributed by atoms with van der Waals surface area (Å²) in [4.78, 5) is 28.4. The maximum atomic E-state index is 14.0. The number of methoxy groups -OCH3 is 1. The van der Waals surface area contributed by atoms with E-state index in [1.165, 1.54) is 24.1 Å². The van der Waals surface area contributed by atoms with Crippen LogP contribution >= 0.6 is 15.9 Å². The zero-order valence-electron chi connectivity index (χ0n) is 22.6. The molecule has 0 bridgehead atoms. The van der Waals surface area contributed by atoms with Crippen LogP contribution in [0.5, 0.6) is 5.75 Å². The SMILES string of the molecule is CCCNC(=O)C(C)N(Cc1cccc(Br)c1)C(=O)CN(c1cc(C)ccc1OC)S(=O)(=O)c1ccccc1. The van der Waals surface area contributed by atoms with Gasteiger partial charge < -0.3 is 15.0 Å². The molecule has 2 amide bonds. The van der Waals surface area contributed by atoms with Crippen molar-refractivity contribution < 1.29 is 22.7 Å². The number of hydrogen-bond acceptors (Lipinski definition) is 5. The molecule has 0 radical (unpaired) electrons. The first kappa shape index (κ1) is 30.2. The molecule has 3 rings (SSSR count). The second-order valence-corrected chi connectivity index (χ2v) is 11.9. The summed E-state index contributed by atoms with van der Waals surface area (Å²) in [5.74, 6) is -0.539. The van der Waals surface area contributed by atoms with Gasteiger partial charge in [0.15, 0.2) is 0 Å². The Labute approximate surface area is 239 Å². The van der Waals surface area contributed by atoms with E-state index in [-0.39, 0.29) is 23.0 Å². The molecule has 3 aromatic rings. The van der Waals surface area contributed by atoms with E-state index >= 15 is 0 Å². The normalized spacial score (nSPS) is 11.9. The van der Waals surface area contributed by atoms with Crippen molar-refractivity contribution in [3.63, 3.8) is 0 Å². The predicted molar refractivity (Wildman–Crippen MR) is 156 cm³/mol. The maximum Gasteiger partial charge on any atom is 0.264 e. The van der Waals surface area contributed by atoms with Gasteiger partial charge in [0.25, 0.3) is 10.0 Å². The summed E-state index contributed by atoms with van der Waals surface area (Å²) < 4.78 is 35.2. The minimum atomic E-state index is -4.17. The highest BCUT2D eigenvalue weighted by Crippen LogP contribution is 2.33. The molecule has 1 atom stereocenters. The lowest BCUT2D eigenvalue weighted by Crippen LogP contribution is -2.51. The zero-order valence-corrected chi connectivity index (χ0v) is 25.0. The van der Waals surface area contributed by atoms with Crippen LogP contribution in [0.3, 0.4) is 0 Å². The van der Waals surface area contributed by atoms with Gasteiger partial charge in [-0.25, -0.2) is 8.42 Å². The second-order valence-electron chi connectivity index (χ2n) is 9.12. The molecule has 0 spiro atoms. The van der Waals surface area contributed by atoms with Gasteiger partial charge in [-0.3, -0.25) is 13.9 Å². The molecule has 1 unspecified atom stereocenters. The minimum absolute atomic E-state index is 0.0358. The average molecular weight is 617 g/mol. The number of anilines is 1. The predicted octanol–water partition coefficient (Wildman–Crippen LogP) is 4.90. The number of hydrogen-bond donors (Lipinski definition) is 1. The summed E-state index contributed by atoms with van der Waals surface area (Å²) >= 11 is 3.45. The number of halogens is 1. The number of carbonyl (C=O) groups is 2. The molecule has 39 heavy (non-hydrogen) atoms. The van der Waals surface area contributed by atoms with E-state index in [0.29, 0.717) is 12.3 Å². The van der Waals surface area contributed by atoms with Gasteiger partial charge in [-0.1, -0.05) is 59.3 Å². The fourth-order valence-electron chi connectivity index (χ4n) is 4.04. The van der Waals surface area contributed by atoms with E-state index in [9.17, 15) is 18.0 Å². The topological polar surface area (TPSA) is 96.0 Å². The molecule has 3 aromatic carbocycles. The maximum absolute atomic E-state index is 14.0. The molecule has 0 heterocycles. The van der Waals surface area contributed by atoms with Crippen molar-refractivity contribution in [3.05, 3.63) is 88.4 Å². The summed E-state index contributed by atoms with van der Waals surface area (Å²) in [5, 5.41) is 2.84. The average Bonchev–Trinajstić information content (AvgIpc) is 2.93. The molecule has 1 N–H and O–H groups in total. The molecule has 208 valence electrons. The summed E-state index contributed by atoms with van der Waals surface area (Å²) in [6.45, 7) is 5.47. The minimum Gasteiger partial charge on any atom is -0.495 e. The Kier molecular flexibility index (Phi) is 10.5. The Morgan fingerprint density at radius 1 is 1.03 bits per heavy atom. The smallest absolute Gasteiger partial charge is 0.264 e. The summed E-state index contributed by atoms with van der Waals surface area (Å²) in [7, 11) is -2.73. The summed E-state index contributed by atoms with van der Waals surface area (Å²) in [6, 6.07) is 19.6. The van der Waals surface area contributed by atoms with Gasteiger partial charge in [-0.05, 0) is 67.8 Å². The lowest BCUT2D eigenvalue weighted by atomic mass is 10.1. The van der Waals surface area contributed by atoms with Gasteiger partial charge in [0, 0.05) is 17.6 Å². The molecule has 8 nitrogen and oxygen atoms in total. The first-order valence-electron chi connectivity index (χ1n) is 12.6. The molecular formula is C29H34BrN3O5S. The number of nitrogens with one attached hydrogen (secondary N) is 1. The second kappa shape index (κ2) is 13.6. The number of nitrogens with zero attached hydrogens (tertiary/aromatic N) is 2. The number of benzene rings is 3. The van der Waals surface area contributed by atoms with Gasteiger partial charge in [-0.2, -0.15) is 0 Å². The van der Waals surface area contributed by atoms with Crippen LogP contribution in [0.4, 0.5) is 5.69 Å². The van der Waals surface area contributed by atoms with Crippen LogP contribution in [0.1, 0.15) is 31.4 Å². The van der Waals surface area contributed by atoms with E-state index < -0.39 is 28.5 Å². The third kappa shape index (κ3) is 7.60. The molecule has 0 aromatic heterocycles. The molecule has 0 fully saturated rings. The number of aryl methyl sites for hydroxylation is 1. The molecule has 10 heteroatoms. The highest BCUT2D eigenvalue weighted by molar-refractivity contribution is 9.10. The molecule has 0 saturated carbocycles. The summed E-state index contributed by atoms with van der Waals surface area (Å²) in [5.41, 5.74) is 1.82. The Bertz CT molecular complexity index is 1400. The third-order valence-electron chi connectivity index (χ3n) is 6.17. The van der Waals surface area contributed by atoms with E-state index in [0.717, 1.165) is 26.3 Å². The Hall–Kier alpha value is -3.37. The highest BCUT2D eigenvalue weighted by atomic mass is 79.9. The molecule has 0 aliphatic heterocycles. The van der Waals surface area contributed by atoms with Gasteiger partial charge in [0.2, 0.25) is 11.8 Å². The van der Waals surface area contributed by atoms with Crippen molar-refractivity contribution in [2.24, 2.45) is 0 Å². The van der Waals surface area contributed by atoms with E-state index in [2.05, 4.69) is 21.2 Å². The van der Waals surface area contributed by atoms with Crippen LogP contribution < -0.4 is 14.4 Å². The number of rotatable bonds is 12. The molecule has 0 aliphatic carbocycles. The number of ether oxygens (including phenoxy) is 1. The molecular weight excluding hydrogens is 582 g/mol. The van der Waals surface area contributed by atoms with Crippen LogP contribution in [0.15, 0.2) is 82.2 Å². The highest BCUT2D eigenvalue weighted by Gasteiger charge is 2.33. The first-order chi connectivity index (χ1) is 18.6. The van der Waals surface area contributed by atoms with E-state index in [4.69, 9.17) is 4.74 Å². The van der Waals surface area contributed by atoms with Gasteiger partial charge in [0.05, 0.1) is 17.7 Å². The number of sulfonamides is 1. The number of amides is 2. The lowest BCUT2D eigenvalue weighted by Gasteiger charge is -2.32. The van der Waals surface area contributed by atoms with Crippen LogP contribution in [-0.4, -0.2) is 51.4 Å². The fourth-order valence-corrected chi connectivity index (χ4v) is 5.92. The Balaban J connectivity index is 2.08. The molecule has 0 saturated heterocycles. The zero-order chi connectivity index (χ0) is 28.6. The molecule has 0 aliphatic rings. The van der Waals surface area contributed by atoms with Gasteiger partial charge in [-0.15, -0.1) is 0 Å². The van der Waals surface area contributed by atoms with Crippen LogP contribution in [-0.2, 0) is 26.2 Å². The monoisotopic (exact) mass is 615 g/mol. The van der Waals surface area contributed by atoms with E-state index in [1.54, 1.807) is 43.3 Å². The van der Waals surface area contributed by atoms with Crippen molar-refractivity contribution >= 4 is 43.5 Å². The van der Waals surface area contributed by atoms with E-state index in [1.807, 2.05) is 38.1 Å². The third-order valence-corrected chi connectivity index (χ3v) is 8.44. The van der Waals surface area contributed by atoms with Crippen molar-refractivity contribution in [1.29, 1.82) is 0 Å². The first-order valence-corrected chi connectivity index (χ1v) is 14.9. The number of carbonyl (C=O) groups excluding carboxylic acids is 2. The fraction of sp³-hybridized carbons (Fsp3) is 0.310. The Morgan fingerprint density at radius 3 is 2.38 bits per heavy atom. The largest absolute Gasteiger partial charge is 0.495 e. The van der Waals surface area contributed by atoms with Crippen molar-refractivity contribution in [3.8, 4) is 5.75 Å². The van der Waals surface area contributed by atoms with Gasteiger partial charge in [0.1, 0.15) is 18.3 Å². The van der Waals surface area contributed by atoms with Crippen molar-refractivity contribution in [2.75, 3.05) is 24.5 Å². The lowest BCUT2D eigenvalue weighted by molar-refractivity contribution is -0.139. The van der Waals surface area contributed by atoms with Crippen molar-refractivity contribution in [2.45, 2.75) is 44.7 Å². The van der Waals surface area contributed by atoms with Gasteiger partial charge >= 0.3 is 0 Å². The van der Waals surface area contributed by atoms with Crippen molar-refractivity contribution in [1.82, 2.24) is 10.2 Å². The van der Waals surface area contributed by atoms with Crippen LogP contribution in [0.25, 0.3) is 0 Å².